The van der Waals surface area contributed by atoms with Gasteiger partial charge in [0.1, 0.15) is 24.4 Å². The summed E-state index contributed by atoms with van der Waals surface area (Å²) in [5, 5.41) is 38.0. The summed E-state index contributed by atoms with van der Waals surface area (Å²) in [7, 11) is -3.76. The van der Waals surface area contributed by atoms with E-state index in [9.17, 15) is 29.3 Å². The van der Waals surface area contributed by atoms with Crippen LogP contribution in [-0.2, 0) is 28.1 Å². The van der Waals surface area contributed by atoms with Gasteiger partial charge in [0.15, 0.2) is 6.29 Å². The molecule has 0 aromatic rings. The zero-order valence-electron chi connectivity index (χ0n) is 12.7. The number of hydrogen-bond acceptors (Lipinski definition) is 12. The number of halogens is 1. The van der Waals surface area contributed by atoms with Gasteiger partial charge in [0.2, 0.25) is 0 Å². The maximum absolute atomic E-state index is 14.5. The number of nitrogens with two attached hydrogens (primary N) is 2. The highest BCUT2D eigenvalue weighted by atomic mass is 31.2. The molecule has 0 aromatic heterocycles. The molecular formula is C11H19FN2O10P+. The molecule has 2 rings (SSSR count). The number of carbonyl (C=O) groups is 2. The molecule has 0 aromatic carbocycles. The Bertz CT molecular complexity index is 515. The van der Waals surface area contributed by atoms with Crippen molar-refractivity contribution in [3.8, 4) is 0 Å². The van der Waals surface area contributed by atoms with Crippen molar-refractivity contribution >= 4 is 20.0 Å². The van der Waals surface area contributed by atoms with Crippen LogP contribution < -0.4 is 11.0 Å². The Morgan fingerprint density at radius 3 is 2.20 bits per heavy atom. The van der Waals surface area contributed by atoms with Gasteiger partial charge in [-0.25, -0.2) is 23.0 Å². The first-order valence-electron chi connectivity index (χ1n) is 7.07. The molecule has 2 saturated heterocycles. The molecular weight excluding hydrogens is 370 g/mol. The van der Waals surface area contributed by atoms with Crippen molar-refractivity contribution in [2.24, 2.45) is 11.0 Å². The van der Waals surface area contributed by atoms with Crippen LogP contribution >= 0.6 is 8.02 Å². The second kappa shape index (κ2) is 7.31. The molecule has 2 aliphatic rings. The Kier molecular flexibility index (Phi) is 5.93. The first-order chi connectivity index (χ1) is 11.5. The second-order valence-electron chi connectivity index (χ2n) is 5.52. The van der Waals surface area contributed by atoms with E-state index in [0.29, 0.717) is 0 Å². The average Bonchev–Trinajstić information content (AvgIpc) is 2.52. The zero-order chi connectivity index (χ0) is 19.0. The summed E-state index contributed by atoms with van der Waals surface area (Å²) in [6.07, 6.45) is -8.66. The first kappa shape index (κ1) is 20.3. The van der Waals surface area contributed by atoms with Crippen molar-refractivity contribution in [3.63, 3.8) is 0 Å². The van der Waals surface area contributed by atoms with E-state index in [-0.39, 0.29) is 0 Å². The molecule has 0 saturated carbocycles. The van der Waals surface area contributed by atoms with E-state index in [2.05, 4.69) is 9.05 Å². The molecule has 5 atom stereocenters. The Balaban J connectivity index is 1.95. The third kappa shape index (κ3) is 4.05. The predicted molar refractivity (Wildman–Crippen MR) is 75.7 cm³/mol. The minimum atomic E-state index is -3.76. The molecule has 2 aliphatic heterocycles. The lowest BCUT2D eigenvalue weighted by molar-refractivity contribution is -0.302. The fourth-order valence-electron chi connectivity index (χ4n) is 2.23. The summed E-state index contributed by atoms with van der Waals surface area (Å²) < 4.78 is 33.2. The summed E-state index contributed by atoms with van der Waals surface area (Å²) in [5.41, 5.74) is 7.15. The van der Waals surface area contributed by atoms with E-state index in [4.69, 9.17) is 25.6 Å². The SMILES string of the molecule is N[P+]1(N)OC(=O)C(F)(CCOC2O[C@H](CO)[C@@H](O)[C@H](O)[C@H]2O)C(=O)O1. The summed E-state index contributed by atoms with van der Waals surface area (Å²) in [6, 6.07) is 0. The Morgan fingerprint density at radius 2 is 1.68 bits per heavy atom. The van der Waals surface area contributed by atoms with E-state index in [0.717, 1.165) is 0 Å². The van der Waals surface area contributed by atoms with Crippen LogP contribution in [0.15, 0.2) is 0 Å². The molecule has 12 nitrogen and oxygen atoms in total. The van der Waals surface area contributed by atoms with Crippen molar-refractivity contribution in [2.75, 3.05) is 13.2 Å². The van der Waals surface area contributed by atoms with Gasteiger partial charge in [0.05, 0.1) is 13.2 Å². The minimum absolute atomic E-state index is 0.649. The topological polar surface area (TPSA) is 204 Å². The average molecular weight is 389 g/mol. The number of carbonyl (C=O) groups excluding carboxylic acids is 2. The lowest BCUT2D eigenvalue weighted by atomic mass is 9.99. The van der Waals surface area contributed by atoms with Crippen LogP contribution in [0.4, 0.5) is 4.39 Å². The van der Waals surface area contributed by atoms with Crippen LogP contribution in [0.25, 0.3) is 0 Å². The van der Waals surface area contributed by atoms with Gasteiger partial charge >= 0.3 is 25.6 Å². The molecule has 1 unspecified atom stereocenters. The molecule has 144 valence electrons. The van der Waals surface area contributed by atoms with Crippen molar-refractivity contribution < 1.29 is 52.9 Å². The highest BCUT2D eigenvalue weighted by Crippen LogP contribution is 2.51. The van der Waals surface area contributed by atoms with Gasteiger partial charge < -0.3 is 29.9 Å². The van der Waals surface area contributed by atoms with E-state index < -0.39 is 76.0 Å². The Morgan fingerprint density at radius 1 is 1.12 bits per heavy atom. The molecule has 0 aliphatic carbocycles. The molecule has 0 spiro atoms. The molecule has 2 heterocycles. The van der Waals surface area contributed by atoms with E-state index in [1.807, 2.05) is 0 Å². The number of aliphatic hydroxyl groups is 4. The molecule has 8 N–H and O–H groups in total. The summed E-state index contributed by atoms with van der Waals surface area (Å²) >= 11 is 0. The second-order valence-corrected chi connectivity index (χ2v) is 7.18. The Labute approximate surface area is 141 Å². The normalized spacial score (nSPS) is 37.3. The predicted octanol–water partition coefficient (Wildman–Crippen LogP) is -3.40. The van der Waals surface area contributed by atoms with E-state index in [1.54, 1.807) is 0 Å². The quantitative estimate of drug-likeness (QED) is 0.201. The lowest BCUT2D eigenvalue weighted by Crippen LogP contribution is -2.59. The third-order valence-corrected chi connectivity index (χ3v) is 4.58. The van der Waals surface area contributed by atoms with Crippen molar-refractivity contribution in [1.82, 2.24) is 0 Å². The number of alkyl halides is 1. The smallest absolute Gasteiger partial charge is 0.394 e. The van der Waals surface area contributed by atoms with Crippen molar-refractivity contribution in [1.29, 1.82) is 0 Å². The number of aliphatic hydroxyl groups excluding tert-OH is 4. The monoisotopic (exact) mass is 389 g/mol. The third-order valence-electron chi connectivity index (χ3n) is 3.68. The molecule has 25 heavy (non-hydrogen) atoms. The van der Waals surface area contributed by atoms with Crippen LogP contribution in [0, 0.1) is 0 Å². The number of hydrogen-bond donors (Lipinski definition) is 6. The van der Waals surface area contributed by atoms with Gasteiger partial charge in [0, 0.05) is 6.42 Å². The maximum Gasteiger partial charge on any atom is 0.521 e. The first-order valence-corrected chi connectivity index (χ1v) is 8.83. The molecule has 0 radical (unpaired) electrons. The summed E-state index contributed by atoms with van der Waals surface area (Å²) in [5.74, 6) is -3.25. The highest BCUT2D eigenvalue weighted by molar-refractivity contribution is 7.62. The molecule has 0 amide bonds. The summed E-state index contributed by atoms with van der Waals surface area (Å²) in [4.78, 5) is 23.2. The molecule has 14 heteroatoms. The van der Waals surface area contributed by atoms with Gasteiger partial charge in [-0.1, -0.05) is 0 Å². The zero-order valence-corrected chi connectivity index (χ0v) is 13.6. The van der Waals surface area contributed by atoms with Gasteiger partial charge in [-0.3, -0.25) is 0 Å². The van der Waals surface area contributed by atoms with Gasteiger partial charge in [0.25, 0.3) is 0 Å². The van der Waals surface area contributed by atoms with Crippen LogP contribution in [0.5, 0.6) is 0 Å². The molecule has 0 bridgehead atoms. The van der Waals surface area contributed by atoms with Crippen LogP contribution in [-0.4, -0.2) is 82.0 Å². The largest absolute Gasteiger partial charge is 0.521 e. The highest BCUT2D eigenvalue weighted by Gasteiger charge is 2.64. The van der Waals surface area contributed by atoms with Gasteiger partial charge in [-0.05, 0) is 0 Å². The van der Waals surface area contributed by atoms with Crippen molar-refractivity contribution in [2.45, 2.75) is 42.8 Å². The maximum atomic E-state index is 14.5. The minimum Gasteiger partial charge on any atom is -0.394 e. The van der Waals surface area contributed by atoms with Gasteiger partial charge in [-0.2, -0.15) is 0 Å². The molecule has 2 fully saturated rings. The van der Waals surface area contributed by atoms with Crippen molar-refractivity contribution in [3.05, 3.63) is 0 Å². The fourth-order valence-corrected chi connectivity index (χ4v) is 3.08. The van der Waals surface area contributed by atoms with E-state index in [1.165, 1.54) is 0 Å². The van der Waals surface area contributed by atoms with Gasteiger partial charge in [-0.15, -0.1) is 11.0 Å². The summed E-state index contributed by atoms with van der Waals surface area (Å²) in [6.45, 7) is -1.33. The standard InChI is InChI=1S/C11H19FN2O10P/c12-11(9(19)23-25(13,14)24-10(11)20)1-2-21-8-7(18)6(17)5(16)4(3-15)22-8/h4-8,15-18H,1-3,13-14H2/q+1/t4-,5-,6+,7-,8?/m1/s1. The lowest BCUT2D eigenvalue weighted by Gasteiger charge is -2.39. The van der Waals surface area contributed by atoms with E-state index >= 15 is 0 Å². The van der Waals surface area contributed by atoms with Crippen LogP contribution in [0.2, 0.25) is 0 Å². The number of ether oxygens (including phenoxy) is 2. The van der Waals surface area contributed by atoms with Crippen LogP contribution in [0.1, 0.15) is 6.42 Å². The fraction of sp³-hybridized carbons (Fsp3) is 0.818. The van der Waals surface area contributed by atoms with Crippen LogP contribution in [0.3, 0.4) is 0 Å². The number of rotatable bonds is 5. The Hall–Kier alpha value is -1.02.